The van der Waals surface area contributed by atoms with Crippen molar-refractivity contribution in [2.75, 3.05) is 6.61 Å². The minimum atomic E-state index is -1.61. The molecule has 3 heterocycles. The molecule has 2 fully saturated rings. The highest BCUT2D eigenvalue weighted by molar-refractivity contribution is 8.02. The van der Waals surface area contributed by atoms with Crippen LogP contribution < -0.4 is 20.7 Å². The van der Waals surface area contributed by atoms with Crippen molar-refractivity contribution in [3.8, 4) is 5.75 Å². The number of hydrogen-bond donors (Lipinski definition) is 4. The number of amides is 4. The Hall–Kier alpha value is -6.69. The number of thioether (sulfide) groups is 1. The maximum atomic E-state index is 14.2. The van der Waals surface area contributed by atoms with Gasteiger partial charge in [0, 0.05) is 4.75 Å². The maximum absolute atomic E-state index is 14.2. The van der Waals surface area contributed by atoms with E-state index < -0.39 is 63.7 Å². The van der Waals surface area contributed by atoms with E-state index >= 15 is 0 Å². The van der Waals surface area contributed by atoms with Crippen LogP contribution in [0.1, 0.15) is 64.5 Å². The first-order valence-electron chi connectivity index (χ1n) is 17.6. The number of H-pyrrole nitrogens is 1. The van der Waals surface area contributed by atoms with Crippen molar-refractivity contribution >= 4 is 54.0 Å². The van der Waals surface area contributed by atoms with E-state index in [-0.39, 0.29) is 42.5 Å². The van der Waals surface area contributed by atoms with Gasteiger partial charge in [-0.15, -0.1) is 11.8 Å². The number of aromatic nitrogens is 2. The molecule has 17 nitrogen and oxygen atoms in total. The highest BCUT2D eigenvalue weighted by Crippen LogP contribution is 2.57. The van der Waals surface area contributed by atoms with Crippen LogP contribution in [0.25, 0.3) is 0 Å². The standard InChI is InChI=1S/C39H38N6O11S/c1-4-53-35(50)29-28(40-21-41-29)33(48)43-27(25-15-17-26(18-16-25)56-37(52)55-20-24-13-9-6-10-14-24)32(47)44-30-34(49)45-31(38(2,3)57-39(30,45)42-22-46)36(51)54-19-23-11-7-5-8-12-23/h5-18,21-22,27,30-31H,4,19-20H2,1-3H3,(H,40,41)(H,42,46)(H,43,48)(H,44,47)/t27?,30-,31+,39?/m1/s1. The lowest BCUT2D eigenvalue weighted by Crippen LogP contribution is -2.82. The number of esters is 2. The number of ether oxygens (including phenoxy) is 4. The van der Waals surface area contributed by atoms with Crippen LogP contribution in [0, 0.1) is 0 Å². The predicted octanol–water partition coefficient (Wildman–Crippen LogP) is 3.14. The van der Waals surface area contributed by atoms with E-state index in [1.807, 2.05) is 12.1 Å². The summed E-state index contributed by atoms with van der Waals surface area (Å²) in [6.07, 6.45) is 0.478. The van der Waals surface area contributed by atoms with Crippen LogP contribution in [0.5, 0.6) is 5.75 Å². The number of carbonyl (C=O) groups excluding carboxylic acids is 7. The monoisotopic (exact) mass is 798 g/mol. The van der Waals surface area contributed by atoms with Gasteiger partial charge in [-0.25, -0.2) is 19.4 Å². The van der Waals surface area contributed by atoms with Crippen LogP contribution in [-0.4, -0.2) is 85.5 Å². The van der Waals surface area contributed by atoms with Crippen molar-refractivity contribution in [2.24, 2.45) is 0 Å². The number of rotatable bonds is 15. The highest BCUT2D eigenvalue weighted by Gasteiger charge is 2.74. The molecule has 4 aromatic rings. The quantitative estimate of drug-likeness (QED) is 0.0447. The van der Waals surface area contributed by atoms with Gasteiger partial charge in [-0.05, 0) is 49.6 Å². The first kappa shape index (κ1) is 40.0. The molecule has 6 rings (SSSR count). The van der Waals surface area contributed by atoms with Gasteiger partial charge < -0.3 is 39.9 Å². The summed E-state index contributed by atoms with van der Waals surface area (Å²) in [5, 5.41) is 7.82. The van der Waals surface area contributed by atoms with Crippen molar-refractivity contribution < 1.29 is 52.5 Å². The van der Waals surface area contributed by atoms with Crippen LogP contribution >= 0.6 is 11.8 Å². The number of nitrogens with one attached hydrogen (secondary N) is 4. The summed E-state index contributed by atoms with van der Waals surface area (Å²) >= 11 is 1.07. The van der Waals surface area contributed by atoms with Crippen molar-refractivity contribution in [3.63, 3.8) is 0 Å². The second-order valence-corrected chi connectivity index (χ2v) is 15.1. The van der Waals surface area contributed by atoms with Crippen LogP contribution in [0.15, 0.2) is 91.3 Å². The van der Waals surface area contributed by atoms with Crippen molar-refractivity contribution in [1.29, 1.82) is 0 Å². The Morgan fingerprint density at radius 3 is 2.16 bits per heavy atom. The largest absolute Gasteiger partial charge is 0.514 e. The molecule has 3 aromatic carbocycles. The van der Waals surface area contributed by atoms with Gasteiger partial charge in [0.25, 0.3) is 11.8 Å². The van der Waals surface area contributed by atoms with Gasteiger partial charge in [-0.2, -0.15) is 0 Å². The van der Waals surface area contributed by atoms with Gasteiger partial charge in [0.1, 0.15) is 31.0 Å². The molecule has 4 amide bonds. The lowest BCUT2D eigenvalue weighted by molar-refractivity contribution is -0.174. The molecule has 296 valence electrons. The van der Waals surface area contributed by atoms with Gasteiger partial charge in [-0.3, -0.25) is 24.1 Å². The average molecular weight is 799 g/mol. The van der Waals surface area contributed by atoms with Gasteiger partial charge >= 0.3 is 18.1 Å². The number of β-lactam (4-membered cyclic amide) rings is 1. The van der Waals surface area contributed by atoms with Crippen LogP contribution in [0.3, 0.4) is 0 Å². The second kappa shape index (κ2) is 17.0. The predicted molar refractivity (Wildman–Crippen MR) is 201 cm³/mol. The molecule has 4 atom stereocenters. The molecule has 0 bridgehead atoms. The fourth-order valence-electron chi connectivity index (χ4n) is 6.48. The number of aromatic amines is 1. The minimum Gasteiger partial charge on any atom is -0.461 e. The first-order valence-corrected chi connectivity index (χ1v) is 18.5. The Kier molecular flexibility index (Phi) is 11.9. The molecule has 2 unspecified atom stereocenters. The Balaban J connectivity index is 1.23. The molecule has 18 heteroatoms. The number of carbonyl (C=O) groups is 7. The first-order chi connectivity index (χ1) is 27.4. The third-order valence-electron chi connectivity index (χ3n) is 9.05. The van der Waals surface area contributed by atoms with E-state index in [4.69, 9.17) is 18.9 Å². The van der Waals surface area contributed by atoms with Gasteiger partial charge in [0.15, 0.2) is 22.4 Å². The number of nitrogens with zero attached hydrogens (tertiary/aromatic N) is 2. The molecule has 57 heavy (non-hydrogen) atoms. The van der Waals surface area contributed by atoms with E-state index in [0.717, 1.165) is 29.2 Å². The summed E-state index contributed by atoms with van der Waals surface area (Å²) < 4.78 is 20.0. The molecule has 0 aliphatic carbocycles. The summed E-state index contributed by atoms with van der Waals surface area (Å²) in [5.41, 5.74) is 0.990. The molecule has 0 spiro atoms. The summed E-state index contributed by atoms with van der Waals surface area (Å²) in [7, 11) is 0. The van der Waals surface area contributed by atoms with E-state index in [9.17, 15) is 33.6 Å². The average Bonchev–Trinajstić information content (AvgIpc) is 3.78. The molecule has 2 aliphatic rings. The summed E-state index contributed by atoms with van der Waals surface area (Å²) in [4.78, 5) is 98.3. The SMILES string of the molecule is CCOC(=O)c1[nH]cnc1C(=O)NC(C(=O)N[C@@H]1C(=O)N2[C@@H](C(=O)OCc3ccccc3)C(C)(C)SC12NC=O)c1ccc(OC(=O)OCc2ccccc2)cc1. The zero-order valence-electron chi connectivity index (χ0n) is 30.9. The van der Waals surface area contributed by atoms with Crippen molar-refractivity contribution in [2.45, 2.75) is 61.9 Å². The number of fused-ring (bicyclic) bond motifs is 1. The normalized spacial score (nSPS) is 19.5. The summed E-state index contributed by atoms with van der Waals surface area (Å²) in [5.74, 6) is -4.08. The Labute approximate surface area is 330 Å². The Bertz CT molecular complexity index is 2150. The topological polar surface area (TPSA) is 224 Å². The van der Waals surface area contributed by atoms with E-state index in [2.05, 4.69) is 25.9 Å². The number of imidazole rings is 1. The van der Waals surface area contributed by atoms with Crippen LogP contribution in [0.2, 0.25) is 0 Å². The fraction of sp³-hybridized carbons (Fsp3) is 0.282. The Morgan fingerprint density at radius 2 is 1.54 bits per heavy atom. The lowest BCUT2D eigenvalue weighted by atomic mass is 9.92. The van der Waals surface area contributed by atoms with E-state index in [0.29, 0.717) is 6.41 Å². The van der Waals surface area contributed by atoms with Gasteiger partial charge in [0.2, 0.25) is 12.3 Å². The third kappa shape index (κ3) is 8.45. The van der Waals surface area contributed by atoms with E-state index in [1.54, 1.807) is 69.3 Å². The molecular formula is C39H38N6O11S. The third-order valence-corrected chi connectivity index (χ3v) is 10.7. The van der Waals surface area contributed by atoms with Crippen molar-refractivity contribution in [1.82, 2.24) is 30.8 Å². The lowest BCUT2D eigenvalue weighted by Gasteiger charge is -2.53. The molecule has 4 N–H and O–H groups in total. The van der Waals surface area contributed by atoms with Crippen LogP contribution in [0.4, 0.5) is 4.79 Å². The summed E-state index contributed by atoms with van der Waals surface area (Å²) in [6, 6.07) is 19.3. The second-order valence-electron chi connectivity index (χ2n) is 13.3. The highest BCUT2D eigenvalue weighted by atomic mass is 32.2. The Morgan fingerprint density at radius 1 is 0.912 bits per heavy atom. The molecule has 2 saturated heterocycles. The molecule has 0 saturated carbocycles. The van der Waals surface area contributed by atoms with Crippen LogP contribution in [-0.2, 0) is 46.6 Å². The van der Waals surface area contributed by atoms with Crippen molar-refractivity contribution in [3.05, 3.63) is 119 Å². The van der Waals surface area contributed by atoms with E-state index in [1.165, 1.54) is 29.2 Å². The van der Waals surface area contributed by atoms with Gasteiger partial charge in [-0.1, -0.05) is 72.8 Å². The maximum Gasteiger partial charge on any atom is 0.514 e. The zero-order valence-corrected chi connectivity index (χ0v) is 31.7. The molecule has 2 aliphatic heterocycles. The minimum absolute atomic E-state index is 0.0155. The number of hydrogen-bond acceptors (Lipinski definition) is 13. The fourth-order valence-corrected chi connectivity index (χ4v) is 8.28. The molecular weight excluding hydrogens is 761 g/mol. The molecule has 1 aromatic heterocycles. The smallest absolute Gasteiger partial charge is 0.461 e. The number of benzene rings is 3. The zero-order chi connectivity index (χ0) is 40.7. The molecule has 0 radical (unpaired) electrons. The summed E-state index contributed by atoms with van der Waals surface area (Å²) in [6.45, 7) is 4.93. The van der Waals surface area contributed by atoms with Gasteiger partial charge in [0.05, 0.1) is 12.9 Å².